The van der Waals surface area contributed by atoms with E-state index in [2.05, 4.69) is 10.3 Å². The van der Waals surface area contributed by atoms with E-state index >= 15 is 0 Å². The Kier molecular flexibility index (Phi) is 4.50. The molecule has 0 radical (unpaired) electrons. The number of hydrogen-bond acceptors (Lipinski definition) is 4. The van der Waals surface area contributed by atoms with Crippen molar-refractivity contribution in [2.24, 2.45) is 11.7 Å². The number of nitrogens with zero attached hydrogens (tertiary/aromatic N) is 4. The lowest BCUT2D eigenvalue weighted by atomic mass is 10.1. The topological polar surface area (TPSA) is 77.0 Å². The molecule has 1 aromatic heterocycles. The van der Waals surface area contributed by atoms with E-state index in [4.69, 9.17) is 5.73 Å². The number of alkyl halides is 3. The van der Waals surface area contributed by atoms with E-state index in [0.29, 0.717) is 13.1 Å². The first-order valence-electron chi connectivity index (χ1n) is 6.79. The minimum absolute atomic E-state index is 0.0831. The van der Waals surface area contributed by atoms with Crippen molar-refractivity contribution in [2.45, 2.75) is 38.5 Å². The Morgan fingerprint density at radius 3 is 2.76 bits per heavy atom. The van der Waals surface area contributed by atoms with Crippen LogP contribution in [0.15, 0.2) is 6.20 Å². The van der Waals surface area contributed by atoms with Crippen LogP contribution in [0.4, 0.5) is 13.2 Å². The van der Waals surface area contributed by atoms with Gasteiger partial charge in [-0.05, 0) is 25.7 Å². The van der Waals surface area contributed by atoms with Crippen LogP contribution in [-0.4, -0.2) is 51.1 Å². The highest BCUT2D eigenvalue weighted by Crippen LogP contribution is 2.36. The minimum atomic E-state index is -4.44. The molecule has 21 heavy (non-hydrogen) atoms. The fourth-order valence-electron chi connectivity index (χ4n) is 2.21. The fourth-order valence-corrected chi connectivity index (χ4v) is 2.21. The highest BCUT2D eigenvalue weighted by atomic mass is 19.4. The van der Waals surface area contributed by atoms with Gasteiger partial charge >= 0.3 is 6.18 Å². The Balaban J connectivity index is 2.15. The Hall–Kier alpha value is -1.64. The summed E-state index contributed by atoms with van der Waals surface area (Å²) in [5, 5.41) is 7.33. The van der Waals surface area contributed by atoms with Crippen LogP contribution in [0.25, 0.3) is 0 Å². The number of amides is 1. The number of nitrogens with two attached hydrogens (primary N) is 1. The average molecular weight is 305 g/mol. The number of aromatic nitrogens is 3. The van der Waals surface area contributed by atoms with Gasteiger partial charge in [0.15, 0.2) is 5.69 Å². The molecule has 1 fully saturated rings. The summed E-state index contributed by atoms with van der Waals surface area (Å²) >= 11 is 0. The van der Waals surface area contributed by atoms with Gasteiger partial charge in [0.25, 0.3) is 5.91 Å². The van der Waals surface area contributed by atoms with Crippen molar-refractivity contribution in [3.8, 4) is 0 Å². The van der Waals surface area contributed by atoms with Gasteiger partial charge < -0.3 is 10.6 Å². The first-order chi connectivity index (χ1) is 9.81. The Labute approximate surface area is 120 Å². The molecule has 0 saturated heterocycles. The Morgan fingerprint density at radius 1 is 1.57 bits per heavy atom. The van der Waals surface area contributed by atoms with Gasteiger partial charge in [-0.2, -0.15) is 13.2 Å². The third-order valence-corrected chi connectivity index (χ3v) is 3.52. The van der Waals surface area contributed by atoms with Gasteiger partial charge in [0.1, 0.15) is 6.54 Å². The molecule has 1 aromatic rings. The summed E-state index contributed by atoms with van der Waals surface area (Å²) in [6, 6.07) is -0.459. The maximum atomic E-state index is 12.7. The lowest BCUT2D eigenvalue weighted by Gasteiger charge is -2.29. The molecule has 1 heterocycles. The molecule has 9 heteroatoms. The van der Waals surface area contributed by atoms with Crippen molar-refractivity contribution in [1.29, 1.82) is 0 Å². The number of carbonyl (C=O) groups excluding carboxylic acids is 1. The van der Waals surface area contributed by atoms with Gasteiger partial charge in [0.05, 0.1) is 12.7 Å². The zero-order valence-corrected chi connectivity index (χ0v) is 11.7. The predicted molar refractivity (Wildman–Crippen MR) is 68.4 cm³/mol. The largest absolute Gasteiger partial charge is 0.406 e. The van der Waals surface area contributed by atoms with Gasteiger partial charge in [-0.3, -0.25) is 9.48 Å². The SMILES string of the molecule is CC(C1CC1)N(CC(F)(F)F)C(=O)c1cn(CCN)nn1. The summed E-state index contributed by atoms with van der Waals surface area (Å²) in [5.74, 6) is -0.606. The monoisotopic (exact) mass is 305 g/mol. The van der Waals surface area contributed by atoms with Crippen LogP contribution < -0.4 is 5.73 Å². The molecule has 1 atom stereocenters. The first-order valence-corrected chi connectivity index (χ1v) is 6.79. The molecule has 118 valence electrons. The molecule has 0 aliphatic heterocycles. The molecule has 1 saturated carbocycles. The van der Waals surface area contributed by atoms with Crippen LogP contribution in [0.1, 0.15) is 30.3 Å². The summed E-state index contributed by atoms with van der Waals surface area (Å²) in [6.45, 7) is 1.04. The van der Waals surface area contributed by atoms with Crippen LogP contribution in [0.2, 0.25) is 0 Å². The van der Waals surface area contributed by atoms with Gasteiger partial charge in [0.2, 0.25) is 0 Å². The van der Waals surface area contributed by atoms with Gasteiger partial charge in [-0.15, -0.1) is 5.10 Å². The standard InChI is InChI=1S/C12H18F3N5O/c1-8(9-2-3-9)20(7-12(13,14)15)11(21)10-6-19(5-4-16)18-17-10/h6,8-9H,2-5,7,16H2,1H3. The summed E-state index contributed by atoms with van der Waals surface area (Å²) in [4.78, 5) is 13.1. The van der Waals surface area contributed by atoms with Crippen LogP contribution in [0.3, 0.4) is 0 Å². The molecule has 0 aromatic carbocycles. The molecule has 2 N–H and O–H groups in total. The fraction of sp³-hybridized carbons (Fsp3) is 0.750. The van der Waals surface area contributed by atoms with Crippen molar-refractivity contribution in [2.75, 3.05) is 13.1 Å². The maximum Gasteiger partial charge on any atom is 0.406 e. The first kappa shape index (κ1) is 15.7. The number of carbonyl (C=O) groups is 1. The summed E-state index contributed by atoms with van der Waals surface area (Å²) in [7, 11) is 0. The van der Waals surface area contributed by atoms with Crippen LogP contribution in [0, 0.1) is 5.92 Å². The van der Waals surface area contributed by atoms with Crippen molar-refractivity contribution in [3.05, 3.63) is 11.9 Å². The van der Waals surface area contributed by atoms with E-state index < -0.39 is 24.7 Å². The summed E-state index contributed by atoms with van der Waals surface area (Å²) in [5.41, 5.74) is 5.27. The number of hydrogen-bond donors (Lipinski definition) is 1. The quantitative estimate of drug-likeness (QED) is 0.852. The summed E-state index contributed by atoms with van der Waals surface area (Å²) < 4.78 is 39.4. The van der Waals surface area contributed by atoms with Crippen LogP contribution in [0.5, 0.6) is 0 Å². The molecule has 1 amide bonds. The second-order valence-electron chi connectivity index (χ2n) is 5.28. The second kappa shape index (κ2) is 6.00. The maximum absolute atomic E-state index is 12.7. The molecular weight excluding hydrogens is 287 g/mol. The van der Waals surface area contributed by atoms with E-state index in [1.807, 2.05) is 0 Å². The molecule has 1 unspecified atom stereocenters. The van der Waals surface area contributed by atoms with Crippen molar-refractivity contribution in [1.82, 2.24) is 19.9 Å². The number of halogens is 3. The predicted octanol–water partition coefficient (Wildman–Crippen LogP) is 1.04. The van der Waals surface area contributed by atoms with Gasteiger partial charge in [-0.1, -0.05) is 5.21 Å². The van der Waals surface area contributed by atoms with Gasteiger partial charge in [0, 0.05) is 12.6 Å². The second-order valence-corrected chi connectivity index (χ2v) is 5.28. The van der Waals surface area contributed by atoms with E-state index in [1.165, 1.54) is 10.9 Å². The zero-order chi connectivity index (χ0) is 15.6. The minimum Gasteiger partial charge on any atom is -0.329 e. The number of rotatable bonds is 6. The summed E-state index contributed by atoms with van der Waals surface area (Å²) in [6.07, 6.45) is -1.41. The molecule has 6 nitrogen and oxygen atoms in total. The van der Waals surface area contributed by atoms with E-state index in [0.717, 1.165) is 17.7 Å². The van der Waals surface area contributed by atoms with Crippen LogP contribution >= 0.6 is 0 Å². The normalized spacial score (nSPS) is 16.8. The molecule has 0 spiro atoms. The molecule has 0 bridgehead atoms. The lowest BCUT2D eigenvalue weighted by molar-refractivity contribution is -0.144. The zero-order valence-electron chi connectivity index (χ0n) is 11.7. The third kappa shape index (κ3) is 4.16. The van der Waals surface area contributed by atoms with E-state index in [-0.39, 0.29) is 11.6 Å². The Bertz CT molecular complexity index is 497. The van der Waals surface area contributed by atoms with E-state index in [9.17, 15) is 18.0 Å². The molecule has 2 rings (SSSR count). The van der Waals surface area contributed by atoms with Crippen molar-refractivity contribution >= 4 is 5.91 Å². The average Bonchev–Trinajstić information content (AvgIpc) is 3.14. The third-order valence-electron chi connectivity index (χ3n) is 3.52. The highest BCUT2D eigenvalue weighted by Gasteiger charge is 2.41. The molecule has 1 aliphatic rings. The smallest absolute Gasteiger partial charge is 0.329 e. The van der Waals surface area contributed by atoms with E-state index in [1.54, 1.807) is 6.92 Å². The highest BCUT2D eigenvalue weighted by molar-refractivity contribution is 5.92. The van der Waals surface area contributed by atoms with Crippen LogP contribution in [-0.2, 0) is 6.54 Å². The van der Waals surface area contributed by atoms with Gasteiger partial charge in [-0.25, -0.2) is 0 Å². The lowest BCUT2D eigenvalue weighted by Crippen LogP contribution is -2.45. The Morgan fingerprint density at radius 2 is 2.24 bits per heavy atom. The molecular formula is C12H18F3N5O. The van der Waals surface area contributed by atoms with Crippen molar-refractivity contribution < 1.29 is 18.0 Å². The molecule has 1 aliphatic carbocycles. The van der Waals surface area contributed by atoms with Crippen molar-refractivity contribution in [3.63, 3.8) is 0 Å².